The van der Waals surface area contributed by atoms with Crippen molar-refractivity contribution >= 4 is 34.7 Å². The van der Waals surface area contributed by atoms with Gasteiger partial charge in [0, 0.05) is 22.5 Å². The average molecular weight is 282 g/mol. The Hall–Kier alpha value is -2.20. The molecule has 1 aliphatic heterocycles. The van der Waals surface area contributed by atoms with Gasteiger partial charge in [-0.2, -0.15) is 0 Å². The first-order valence-electron chi connectivity index (χ1n) is 6.27. The molecule has 0 fully saturated rings. The number of nitrogens with zero attached hydrogens (tertiary/aromatic N) is 1. The van der Waals surface area contributed by atoms with Gasteiger partial charge in [0.1, 0.15) is 0 Å². The van der Waals surface area contributed by atoms with Crippen LogP contribution < -0.4 is 10.2 Å². The van der Waals surface area contributed by atoms with Crippen LogP contribution in [0.1, 0.15) is 0 Å². The summed E-state index contributed by atoms with van der Waals surface area (Å²) in [5.74, 6) is -0.195. The Labute approximate surface area is 122 Å². The molecule has 0 unspecified atom stereocenters. The van der Waals surface area contributed by atoms with Gasteiger partial charge in [-0.1, -0.05) is 30.5 Å². The molecule has 0 aliphatic carbocycles. The first-order valence-corrected chi connectivity index (χ1v) is 7.09. The average Bonchev–Trinajstić information content (AvgIpc) is 2.47. The SMILES string of the molecule is C=CC(=O)Nc1ccc2c(c1)Sc1ccccc1N2C. The number of fused-ring (bicyclic) bond motifs is 2. The zero-order chi connectivity index (χ0) is 14.1. The third-order valence-corrected chi connectivity index (χ3v) is 4.33. The summed E-state index contributed by atoms with van der Waals surface area (Å²) < 4.78 is 0. The molecule has 0 atom stereocenters. The Morgan fingerprint density at radius 1 is 1.20 bits per heavy atom. The Kier molecular flexibility index (Phi) is 3.24. The fourth-order valence-corrected chi connectivity index (χ4v) is 3.40. The minimum absolute atomic E-state index is 0.195. The minimum atomic E-state index is -0.195. The Morgan fingerprint density at radius 3 is 2.75 bits per heavy atom. The van der Waals surface area contributed by atoms with Crippen LogP contribution in [-0.2, 0) is 4.79 Å². The number of amides is 1. The van der Waals surface area contributed by atoms with E-state index in [1.54, 1.807) is 11.8 Å². The second-order valence-corrected chi connectivity index (χ2v) is 5.59. The third kappa shape index (κ3) is 2.18. The molecule has 2 aromatic rings. The van der Waals surface area contributed by atoms with Crippen LogP contribution in [0, 0.1) is 0 Å². The first-order chi connectivity index (χ1) is 9.69. The second-order valence-electron chi connectivity index (χ2n) is 4.50. The molecule has 1 amide bonds. The van der Waals surface area contributed by atoms with Gasteiger partial charge in [0.2, 0.25) is 5.91 Å². The Bertz CT molecular complexity index is 697. The van der Waals surface area contributed by atoms with Gasteiger partial charge in [-0.3, -0.25) is 4.79 Å². The van der Waals surface area contributed by atoms with Gasteiger partial charge in [-0.25, -0.2) is 0 Å². The molecule has 0 bridgehead atoms. The maximum Gasteiger partial charge on any atom is 0.247 e. The molecule has 1 heterocycles. The standard InChI is InChI=1S/C16H14N2OS/c1-3-16(19)17-11-8-9-13-15(10-11)20-14-7-5-4-6-12(14)18(13)2/h3-10H,1H2,2H3,(H,17,19). The highest BCUT2D eigenvalue weighted by Gasteiger charge is 2.20. The highest BCUT2D eigenvalue weighted by Crippen LogP contribution is 2.47. The molecular formula is C16H14N2OS. The van der Waals surface area contributed by atoms with Gasteiger partial charge in [-0.05, 0) is 36.4 Å². The number of carbonyl (C=O) groups excluding carboxylic acids is 1. The lowest BCUT2D eigenvalue weighted by Crippen LogP contribution is -2.15. The summed E-state index contributed by atoms with van der Waals surface area (Å²) in [6, 6.07) is 14.2. The number of benzene rings is 2. The van der Waals surface area contributed by atoms with E-state index in [1.165, 1.54) is 16.7 Å². The topological polar surface area (TPSA) is 32.3 Å². The van der Waals surface area contributed by atoms with Gasteiger partial charge in [0.25, 0.3) is 0 Å². The molecule has 0 spiro atoms. The molecular weight excluding hydrogens is 268 g/mol. The quantitative estimate of drug-likeness (QED) is 0.844. The lowest BCUT2D eigenvalue weighted by atomic mass is 10.2. The van der Waals surface area contributed by atoms with Crippen LogP contribution in [0.2, 0.25) is 0 Å². The van der Waals surface area contributed by atoms with Gasteiger partial charge in [0.05, 0.1) is 11.4 Å². The van der Waals surface area contributed by atoms with Gasteiger partial charge in [-0.15, -0.1) is 0 Å². The van der Waals surface area contributed by atoms with Crippen molar-refractivity contribution in [2.24, 2.45) is 0 Å². The van der Waals surface area contributed by atoms with E-state index in [2.05, 4.69) is 36.0 Å². The predicted octanol–water partition coefficient (Wildman–Crippen LogP) is 4.04. The van der Waals surface area contributed by atoms with Gasteiger partial charge < -0.3 is 10.2 Å². The van der Waals surface area contributed by atoms with E-state index in [0.717, 1.165) is 16.3 Å². The Balaban J connectivity index is 1.98. The van der Waals surface area contributed by atoms with Crippen molar-refractivity contribution in [1.82, 2.24) is 0 Å². The molecule has 0 aromatic heterocycles. The van der Waals surface area contributed by atoms with E-state index in [9.17, 15) is 4.79 Å². The smallest absolute Gasteiger partial charge is 0.247 e. The van der Waals surface area contributed by atoms with Crippen molar-refractivity contribution in [2.45, 2.75) is 9.79 Å². The van der Waals surface area contributed by atoms with Crippen molar-refractivity contribution in [3.63, 3.8) is 0 Å². The van der Waals surface area contributed by atoms with Crippen molar-refractivity contribution in [2.75, 3.05) is 17.3 Å². The maximum atomic E-state index is 11.4. The molecule has 20 heavy (non-hydrogen) atoms. The molecule has 0 saturated carbocycles. The van der Waals surface area contributed by atoms with Crippen molar-refractivity contribution in [1.29, 1.82) is 0 Å². The van der Waals surface area contributed by atoms with E-state index >= 15 is 0 Å². The number of nitrogens with one attached hydrogen (secondary N) is 1. The van der Waals surface area contributed by atoms with E-state index in [-0.39, 0.29) is 5.91 Å². The van der Waals surface area contributed by atoms with Gasteiger partial charge >= 0.3 is 0 Å². The summed E-state index contributed by atoms with van der Waals surface area (Å²) in [7, 11) is 2.05. The highest BCUT2D eigenvalue weighted by atomic mass is 32.2. The van der Waals surface area contributed by atoms with E-state index in [4.69, 9.17) is 0 Å². The fourth-order valence-electron chi connectivity index (χ4n) is 2.21. The molecule has 2 aromatic carbocycles. The number of rotatable bonds is 2. The van der Waals surface area contributed by atoms with E-state index < -0.39 is 0 Å². The summed E-state index contributed by atoms with van der Waals surface area (Å²) in [5.41, 5.74) is 3.13. The molecule has 3 rings (SSSR count). The molecule has 100 valence electrons. The number of hydrogen-bond donors (Lipinski definition) is 1. The first kappa shape index (κ1) is 12.8. The summed E-state index contributed by atoms with van der Waals surface area (Å²) in [6.45, 7) is 3.46. The van der Waals surface area contributed by atoms with Crippen LogP contribution in [-0.4, -0.2) is 13.0 Å². The third-order valence-electron chi connectivity index (χ3n) is 3.22. The molecule has 4 heteroatoms. The van der Waals surface area contributed by atoms with Crippen LogP contribution in [0.4, 0.5) is 17.1 Å². The molecule has 3 nitrogen and oxygen atoms in total. The summed E-state index contributed by atoms with van der Waals surface area (Å²) in [5, 5.41) is 2.79. The lowest BCUT2D eigenvalue weighted by Gasteiger charge is -2.29. The fraction of sp³-hybridized carbons (Fsp3) is 0.0625. The number of carbonyl (C=O) groups is 1. The van der Waals surface area contributed by atoms with Crippen LogP contribution >= 0.6 is 11.8 Å². The molecule has 1 aliphatic rings. The van der Waals surface area contributed by atoms with Crippen LogP contribution in [0.25, 0.3) is 0 Å². The summed E-state index contributed by atoms with van der Waals surface area (Å²) >= 11 is 1.72. The van der Waals surface area contributed by atoms with E-state index in [1.807, 2.05) is 30.3 Å². The lowest BCUT2D eigenvalue weighted by molar-refractivity contribution is -0.111. The largest absolute Gasteiger partial charge is 0.343 e. The second kappa shape index (κ2) is 5.06. The molecule has 0 saturated heterocycles. The van der Waals surface area contributed by atoms with Crippen LogP contribution in [0.5, 0.6) is 0 Å². The number of hydrogen-bond acceptors (Lipinski definition) is 3. The molecule has 0 radical (unpaired) electrons. The predicted molar refractivity (Wildman–Crippen MR) is 83.9 cm³/mol. The highest BCUT2D eigenvalue weighted by molar-refractivity contribution is 7.99. The number of anilines is 3. The van der Waals surface area contributed by atoms with Crippen molar-refractivity contribution < 1.29 is 4.79 Å². The van der Waals surface area contributed by atoms with Crippen LogP contribution in [0.15, 0.2) is 64.9 Å². The summed E-state index contributed by atoms with van der Waals surface area (Å²) in [6.07, 6.45) is 1.27. The minimum Gasteiger partial charge on any atom is -0.343 e. The van der Waals surface area contributed by atoms with E-state index in [0.29, 0.717) is 0 Å². The van der Waals surface area contributed by atoms with Crippen LogP contribution in [0.3, 0.4) is 0 Å². The normalized spacial score (nSPS) is 12.3. The Morgan fingerprint density at radius 2 is 1.95 bits per heavy atom. The van der Waals surface area contributed by atoms with Gasteiger partial charge in [0.15, 0.2) is 0 Å². The monoisotopic (exact) mass is 282 g/mol. The van der Waals surface area contributed by atoms with Crippen molar-refractivity contribution in [3.05, 3.63) is 55.1 Å². The summed E-state index contributed by atoms with van der Waals surface area (Å²) in [4.78, 5) is 15.9. The maximum absolute atomic E-state index is 11.4. The zero-order valence-electron chi connectivity index (χ0n) is 11.1. The molecule has 1 N–H and O–H groups in total. The zero-order valence-corrected chi connectivity index (χ0v) is 11.9. The van der Waals surface area contributed by atoms with Crippen molar-refractivity contribution in [3.8, 4) is 0 Å². The number of para-hydroxylation sites is 1.